The molecule has 4 heterocycles. The van der Waals surface area contributed by atoms with Gasteiger partial charge in [0.15, 0.2) is 5.82 Å². The summed E-state index contributed by atoms with van der Waals surface area (Å²) < 4.78 is 6.09. The van der Waals surface area contributed by atoms with Crippen molar-refractivity contribution in [2.45, 2.75) is 26.8 Å². The summed E-state index contributed by atoms with van der Waals surface area (Å²) in [5, 5.41) is 12.8. The quantitative estimate of drug-likeness (QED) is 0.246. The molecule has 0 bridgehead atoms. The van der Waals surface area contributed by atoms with Crippen LogP contribution >= 0.6 is 0 Å². The minimum absolute atomic E-state index is 0.00358. The highest BCUT2D eigenvalue weighted by atomic mass is 16.5. The lowest BCUT2D eigenvalue weighted by Crippen LogP contribution is -2.82. The maximum atomic E-state index is 12.1. The van der Waals surface area contributed by atoms with Crippen molar-refractivity contribution in [3.8, 4) is 5.75 Å². The highest BCUT2D eigenvalue weighted by Gasteiger charge is 2.27. The number of hydrogen-bond donors (Lipinski definition) is 3. The van der Waals surface area contributed by atoms with E-state index in [4.69, 9.17) is 15.1 Å². The van der Waals surface area contributed by atoms with Crippen molar-refractivity contribution in [1.29, 1.82) is 5.41 Å². The number of quaternary nitrogens is 1. The van der Waals surface area contributed by atoms with Crippen molar-refractivity contribution in [3.05, 3.63) is 73.1 Å². The number of anilines is 3. The number of piperazine rings is 1. The van der Waals surface area contributed by atoms with Gasteiger partial charge in [-0.05, 0) is 50.6 Å². The molecular weight excluding hydrogens is 508 g/mol. The van der Waals surface area contributed by atoms with Gasteiger partial charge in [0, 0.05) is 37.4 Å². The molecule has 0 saturated carbocycles. The van der Waals surface area contributed by atoms with Crippen molar-refractivity contribution in [1.82, 2.24) is 24.8 Å². The number of benzene rings is 1. The third-order valence-corrected chi connectivity index (χ3v) is 6.51. The van der Waals surface area contributed by atoms with Crippen LogP contribution in [0.5, 0.6) is 5.75 Å². The van der Waals surface area contributed by atoms with Crippen LogP contribution in [0.15, 0.2) is 72.5 Å². The lowest BCUT2D eigenvalue weighted by molar-refractivity contribution is -0.461. The van der Waals surface area contributed by atoms with Crippen LogP contribution in [-0.2, 0) is 4.79 Å². The molecule has 1 amide bonds. The fourth-order valence-corrected chi connectivity index (χ4v) is 4.59. The summed E-state index contributed by atoms with van der Waals surface area (Å²) in [7, 11) is 0. The lowest BCUT2D eigenvalue weighted by atomic mass is 10.2. The molecule has 0 unspecified atom stereocenters. The number of aryl methyl sites for hydroxylation is 1. The number of aliphatic imine (C=N–C) groups is 1. The third-order valence-electron chi connectivity index (χ3n) is 6.51. The lowest BCUT2D eigenvalue weighted by Gasteiger charge is -2.39. The van der Waals surface area contributed by atoms with Crippen LogP contribution < -0.4 is 20.3 Å². The molecule has 0 aliphatic carbocycles. The Morgan fingerprint density at radius 2 is 2.15 bits per heavy atom. The van der Waals surface area contributed by atoms with Crippen LogP contribution in [0.2, 0.25) is 0 Å². The number of nitrogens with one attached hydrogen (secondary N) is 2. The van der Waals surface area contributed by atoms with Gasteiger partial charge in [0.25, 0.3) is 0 Å². The van der Waals surface area contributed by atoms with E-state index in [-0.39, 0.29) is 17.8 Å². The van der Waals surface area contributed by atoms with Gasteiger partial charge in [-0.3, -0.25) is 15.5 Å². The van der Waals surface area contributed by atoms with Gasteiger partial charge < -0.3 is 19.9 Å². The van der Waals surface area contributed by atoms with Crippen molar-refractivity contribution in [2.24, 2.45) is 4.99 Å². The van der Waals surface area contributed by atoms with Crippen LogP contribution in [0.25, 0.3) is 11.0 Å². The first-order valence-electron chi connectivity index (χ1n) is 12.9. The van der Waals surface area contributed by atoms with E-state index in [1.165, 1.54) is 12.4 Å². The first-order chi connectivity index (χ1) is 19.3. The molecule has 1 atom stereocenters. The van der Waals surface area contributed by atoms with Gasteiger partial charge in [-0.1, -0.05) is 6.58 Å². The Bertz CT molecular complexity index is 1580. The smallest absolute Gasteiger partial charge is 0.246 e. The number of ether oxygens (including phenoxy) is 1. The van der Waals surface area contributed by atoms with Gasteiger partial charge in [-0.2, -0.15) is 4.99 Å². The number of hydrogen-bond acceptors (Lipinski definition) is 9. The molecule has 2 aliphatic heterocycles. The van der Waals surface area contributed by atoms with Gasteiger partial charge in [0.05, 0.1) is 12.3 Å². The molecule has 2 aliphatic rings. The number of aromatic nitrogens is 4. The number of carbonyl (C=O) groups excluding carboxylic acids is 1. The highest BCUT2D eigenvalue weighted by Crippen LogP contribution is 2.28. The summed E-state index contributed by atoms with van der Waals surface area (Å²) in [6, 6.07) is 5.77. The summed E-state index contributed by atoms with van der Waals surface area (Å²) in [5.74, 6) is 3.30. The summed E-state index contributed by atoms with van der Waals surface area (Å²) in [6.45, 7) is 11.0. The van der Waals surface area contributed by atoms with Crippen molar-refractivity contribution >= 4 is 46.1 Å². The molecule has 12 nitrogen and oxygen atoms in total. The van der Waals surface area contributed by atoms with Crippen molar-refractivity contribution < 1.29 is 14.8 Å². The molecule has 12 heteroatoms. The molecule has 3 aromatic rings. The van der Waals surface area contributed by atoms with Gasteiger partial charge in [0.1, 0.15) is 40.9 Å². The second-order valence-electron chi connectivity index (χ2n) is 9.56. The Balaban J connectivity index is 1.34. The van der Waals surface area contributed by atoms with E-state index < -0.39 is 0 Å². The predicted octanol–water partition coefficient (Wildman–Crippen LogP) is 2.44. The van der Waals surface area contributed by atoms with Gasteiger partial charge in [-0.25, -0.2) is 19.9 Å². The molecular formula is C28H31N10O2+. The Morgan fingerprint density at radius 3 is 2.90 bits per heavy atom. The summed E-state index contributed by atoms with van der Waals surface area (Å²) in [5.41, 5.74) is 2.96. The Kier molecular flexibility index (Phi) is 7.60. The van der Waals surface area contributed by atoms with Crippen molar-refractivity contribution in [2.75, 3.05) is 29.9 Å². The first kappa shape index (κ1) is 26.6. The minimum atomic E-state index is -0.0694. The second kappa shape index (κ2) is 11.4. The Hall–Kier alpha value is -4.97. The maximum Gasteiger partial charge on any atom is 0.246 e. The normalized spacial score (nSPS) is 18.0. The second-order valence-corrected chi connectivity index (χ2v) is 9.56. The number of rotatable bonds is 6. The maximum absolute atomic E-state index is 12.1. The van der Waals surface area contributed by atoms with Crippen LogP contribution in [0.3, 0.4) is 0 Å². The van der Waals surface area contributed by atoms with Crippen LogP contribution in [0.4, 0.5) is 17.5 Å². The van der Waals surface area contributed by atoms with E-state index in [1.54, 1.807) is 24.1 Å². The van der Waals surface area contributed by atoms with E-state index in [9.17, 15) is 4.79 Å². The molecule has 1 saturated heterocycles. The zero-order valence-electron chi connectivity index (χ0n) is 22.6. The van der Waals surface area contributed by atoms with Gasteiger partial charge >= 0.3 is 0 Å². The largest absolute Gasteiger partial charge is 0.457 e. The van der Waals surface area contributed by atoms with Crippen LogP contribution in [0, 0.1) is 12.3 Å². The average Bonchev–Trinajstić information content (AvgIpc) is 2.94. The van der Waals surface area contributed by atoms with E-state index in [2.05, 4.69) is 36.7 Å². The van der Waals surface area contributed by atoms with Gasteiger partial charge in [-0.15, -0.1) is 0 Å². The fourth-order valence-electron chi connectivity index (χ4n) is 4.59. The fraction of sp³-hybridized carbons (Fsp3) is 0.250. The molecule has 4 N–H and O–H groups in total. The summed E-state index contributed by atoms with van der Waals surface area (Å²) in [6.07, 6.45) is 10.0. The number of nitrogens with two attached hydrogens (primary N) is 1. The molecule has 1 aromatic carbocycles. The monoisotopic (exact) mass is 539 g/mol. The number of allylic oxidation sites excluding steroid dienone is 1. The first-order valence-corrected chi connectivity index (χ1v) is 12.9. The zero-order chi connectivity index (χ0) is 28.2. The molecule has 0 spiro atoms. The average molecular weight is 540 g/mol. The summed E-state index contributed by atoms with van der Waals surface area (Å²) >= 11 is 0. The Labute approximate surface area is 231 Å². The molecule has 5 rings (SSSR count). The van der Waals surface area contributed by atoms with E-state index in [0.29, 0.717) is 59.8 Å². The molecule has 0 radical (unpaired) electrons. The number of amides is 1. The minimum Gasteiger partial charge on any atom is -0.457 e. The number of nitrogens with zero attached hydrogens (tertiary/aromatic N) is 7. The number of fused-ring (bicyclic) bond motifs is 1. The number of carbonyl (C=O) groups is 1. The van der Waals surface area contributed by atoms with E-state index in [0.717, 1.165) is 11.3 Å². The molecule has 40 heavy (non-hydrogen) atoms. The summed E-state index contributed by atoms with van der Waals surface area (Å²) in [4.78, 5) is 38.3. The van der Waals surface area contributed by atoms with Gasteiger partial charge in [0.2, 0.25) is 17.7 Å². The number of amidine groups is 2. The third kappa shape index (κ3) is 5.86. The Morgan fingerprint density at radius 1 is 1.30 bits per heavy atom. The SMILES string of the molecule is C=CC(=O)N1CCN(c2ncc3ncnc(Nc4ccc(OC5=CC(=NC(C)=N)[NH2+]C=C5)c(C)c4)c3n2)C[C@H]1C. The molecule has 1 fully saturated rings. The van der Waals surface area contributed by atoms with Crippen LogP contribution in [-0.4, -0.2) is 68.1 Å². The van der Waals surface area contributed by atoms with E-state index in [1.807, 2.05) is 49.6 Å². The highest BCUT2D eigenvalue weighted by molar-refractivity contribution is 5.96. The zero-order valence-corrected chi connectivity index (χ0v) is 22.6. The molecule has 204 valence electrons. The van der Waals surface area contributed by atoms with E-state index >= 15 is 0 Å². The predicted molar refractivity (Wildman–Crippen MR) is 154 cm³/mol. The van der Waals surface area contributed by atoms with Crippen LogP contribution in [0.1, 0.15) is 19.4 Å². The topological polar surface area (TPSA) is 149 Å². The standard InChI is InChI=1S/C28H30N10O2/c1-5-25(39)38-11-10-37(15-18(38)3)28-31-14-22-26(36-28)27(33-16-32-22)35-20-6-7-23(17(2)12-20)40-21-8-9-30-24(13-21)34-19(4)29/h5-9,12-14,16,18H,1,10-11,15H2,2-4H3,(H2,29,30,34)(H,32,33,35)/p+1/t18-/m1/s1. The van der Waals surface area contributed by atoms with Crippen molar-refractivity contribution in [3.63, 3.8) is 0 Å². The molecule has 2 aromatic heterocycles.